The van der Waals surface area contributed by atoms with Gasteiger partial charge in [0.05, 0.1) is 17.1 Å². The first kappa shape index (κ1) is 24.6. The van der Waals surface area contributed by atoms with Crippen LogP contribution in [0.4, 0.5) is 11.4 Å². The van der Waals surface area contributed by atoms with Gasteiger partial charge in [0.2, 0.25) is 0 Å². The molecule has 0 saturated heterocycles. The second-order valence-corrected chi connectivity index (χ2v) is 11.4. The summed E-state index contributed by atoms with van der Waals surface area (Å²) < 4.78 is 39.4. The number of benzene rings is 3. The summed E-state index contributed by atoms with van der Waals surface area (Å²) in [6.07, 6.45) is -0.275. The lowest BCUT2D eigenvalue weighted by Crippen LogP contribution is -2.42. The Labute approximate surface area is 206 Å². The van der Waals surface area contributed by atoms with Crippen molar-refractivity contribution in [2.24, 2.45) is 0 Å². The van der Waals surface area contributed by atoms with E-state index in [1.54, 1.807) is 30.3 Å². The Bertz CT molecular complexity index is 1300. The molecule has 1 heterocycles. The number of fused-ring (bicyclic) bond motifs is 1. The van der Waals surface area contributed by atoms with Crippen molar-refractivity contribution in [1.82, 2.24) is 0 Å². The number of anilines is 2. The van der Waals surface area contributed by atoms with Gasteiger partial charge in [-0.1, -0.05) is 45.0 Å². The van der Waals surface area contributed by atoms with Crippen molar-refractivity contribution in [2.75, 3.05) is 22.8 Å². The van der Waals surface area contributed by atoms with Crippen molar-refractivity contribution in [3.63, 3.8) is 0 Å². The van der Waals surface area contributed by atoms with Gasteiger partial charge < -0.3 is 14.8 Å². The Hall–Kier alpha value is -3.52. The highest BCUT2D eigenvalue weighted by atomic mass is 32.2. The van der Waals surface area contributed by atoms with Crippen molar-refractivity contribution in [1.29, 1.82) is 0 Å². The molecule has 3 aromatic carbocycles. The minimum absolute atomic E-state index is 0.0406. The Morgan fingerprint density at radius 1 is 1.03 bits per heavy atom. The SMILES string of the molecule is C[C@H]1CN(S(=O)(=O)c2ccc(NC(=O)COc3ccc(C(C)(C)C)cc3)cc2)c2ccccc2O1. The largest absolute Gasteiger partial charge is 0.487 e. The zero-order valence-electron chi connectivity index (χ0n) is 20.3. The van der Waals surface area contributed by atoms with Gasteiger partial charge in [-0.15, -0.1) is 0 Å². The topological polar surface area (TPSA) is 84.9 Å². The van der Waals surface area contributed by atoms with Gasteiger partial charge in [0.15, 0.2) is 6.61 Å². The zero-order valence-corrected chi connectivity index (χ0v) is 21.1. The molecule has 0 aliphatic carbocycles. The summed E-state index contributed by atoms with van der Waals surface area (Å²) in [7, 11) is -3.80. The average Bonchev–Trinajstić information content (AvgIpc) is 2.82. The number of nitrogens with one attached hydrogen (secondary N) is 1. The molecule has 1 atom stereocenters. The molecule has 1 amide bonds. The number of carbonyl (C=O) groups excluding carboxylic acids is 1. The lowest BCUT2D eigenvalue weighted by atomic mass is 9.87. The van der Waals surface area contributed by atoms with Crippen LogP contribution in [0.5, 0.6) is 11.5 Å². The number of hydrogen-bond donors (Lipinski definition) is 1. The molecule has 0 aromatic heterocycles. The van der Waals surface area contributed by atoms with Crippen LogP contribution >= 0.6 is 0 Å². The maximum absolute atomic E-state index is 13.3. The number of ether oxygens (including phenoxy) is 2. The van der Waals surface area contributed by atoms with E-state index in [9.17, 15) is 13.2 Å². The summed E-state index contributed by atoms with van der Waals surface area (Å²) in [5.41, 5.74) is 2.21. The second-order valence-electron chi connectivity index (χ2n) is 9.57. The molecule has 0 bridgehead atoms. The first-order valence-electron chi connectivity index (χ1n) is 11.5. The van der Waals surface area contributed by atoms with Gasteiger partial charge in [-0.3, -0.25) is 9.10 Å². The number of amides is 1. The second kappa shape index (κ2) is 9.62. The lowest BCUT2D eigenvalue weighted by Gasteiger charge is -2.34. The molecule has 7 nitrogen and oxygen atoms in total. The molecule has 0 unspecified atom stereocenters. The number of hydrogen-bond acceptors (Lipinski definition) is 5. The molecule has 0 radical (unpaired) electrons. The molecule has 4 rings (SSSR count). The van der Waals surface area contributed by atoms with Crippen LogP contribution in [0, 0.1) is 0 Å². The standard InChI is InChI=1S/C27H30N2O5S/c1-19-17-29(24-7-5-6-8-25(24)34-19)35(31,32)23-15-11-21(12-16-23)28-26(30)18-33-22-13-9-20(10-14-22)27(2,3)4/h5-16,19H,17-18H2,1-4H3,(H,28,30)/t19-/m0/s1. The molecule has 0 saturated carbocycles. The number of sulfonamides is 1. The summed E-state index contributed by atoms with van der Waals surface area (Å²) in [5.74, 6) is 0.804. The fraction of sp³-hybridized carbons (Fsp3) is 0.296. The Morgan fingerprint density at radius 3 is 2.34 bits per heavy atom. The molecule has 0 spiro atoms. The molecule has 1 N–H and O–H groups in total. The first-order chi connectivity index (χ1) is 16.5. The number of para-hydroxylation sites is 2. The van der Waals surface area contributed by atoms with Crippen LogP contribution in [-0.2, 0) is 20.2 Å². The van der Waals surface area contributed by atoms with Crippen LogP contribution in [0.15, 0.2) is 77.7 Å². The van der Waals surface area contributed by atoms with E-state index in [-0.39, 0.29) is 35.5 Å². The van der Waals surface area contributed by atoms with Gasteiger partial charge in [0, 0.05) is 5.69 Å². The van der Waals surface area contributed by atoms with E-state index in [4.69, 9.17) is 9.47 Å². The number of rotatable bonds is 6. The van der Waals surface area contributed by atoms with Crippen LogP contribution in [0.2, 0.25) is 0 Å². The van der Waals surface area contributed by atoms with Gasteiger partial charge in [-0.2, -0.15) is 0 Å². The Balaban J connectivity index is 1.39. The van der Waals surface area contributed by atoms with Gasteiger partial charge in [0.1, 0.15) is 17.6 Å². The van der Waals surface area contributed by atoms with Crippen molar-refractivity contribution in [2.45, 2.75) is 44.1 Å². The fourth-order valence-corrected chi connectivity index (χ4v) is 5.36. The van der Waals surface area contributed by atoms with Crippen LogP contribution in [0.1, 0.15) is 33.3 Å². The third kappa shape index (κ3) is 5.59. The molecule has 35 heavy (non-hydrogen) atoms. The van der Waals surface area contributed by atoms with Gasteiger partial charge in [-0.05, 0) is 66.4 Å². The smallest absolute Gasteiger partial charge is 0.264 e. The van der Waals surface area contributed by atoms with Crippen molar-refractivity contribution in [3.05, 3.63) is 78.4 Å². The molecule has 3 aromatic rings. The summed E-state index contributed by atoms with van der Waals surface area (Å²) in [6, 6.07) is 20.8. The molecule has 0 fully saturated rings. The predicted molar refractivity (Wildman–Crippen MR) is 137 cm³/mol. The van der Waals surface area contributed by atoms with Crippen molar-refractivity contribution in [3.8, 4) is 11.5 Å². The summed E-state index contributed by atoms with van der Waals surface area (Å²) >= 11 is 0. The Morgan fingerprint density at radius 2 is 1.69 bits per heavy atom. The van der Waals surface area contributed by atoms with Gasteiger partial charge >= 0.3 is 0 Å². The first-order valence-corrected chi connectivity index (χ1v) is 12.9. The zero-order chi connectivity index (χ0) is 25.2. The van der Waals surface area contributed by atoms with E-state index < -0.39 is 10.0 Å². The Kier molecular flexibility index (Phi) is 6.76. The van der Waals surface area contributed by atoms with Crippen LogP contribution < -0.4 is 19.1 Å². The molecule has 184 valence electrons. The summed E-state index contributed by atoms with van der Waals surface area (Å²) in [5, 5.41) is 2.74. The lowest BCUT2D eigenvalue weighted by molar-refractivity contribution is -0.118. The molecule has 1 aliphatic rings. The maximum atomic E-state index is 13.3. The van der Waals surface area contributed by atoms with Gasteiger partial charge in [-0.25, -0.2) is 8.42 Å². The molecular formula is C27H30N2O5S. The fourth-order valence-electron chi connectivity index (χ4n) is 3.81. The summed E-state index contributed by atoms with van der Waals surface area (Å²) in [6.45, 7) is 8.29. The molecule has 1 aliphatic heterocycles. The predicted octanol–water partition coefficient (Wildman–Crippen LogP) is 4.98. The van der Waals surface area contributed by atoms with Crippen LogP contribution in [0.25, 0.3) is 0 Å². The van der Waals surface area contributed by atoms with E-state index in [0.717, 1.165) is 0 Å². The monoisotopic (exact) mass is 494 g/mol. The van der Waals surface area contributed by atoms with Crippen molar-refractivity contribution >= 4 is 27.3 Å². The van der Waals surface area contributed by atoms with E-state index in [1.165, 1.54) is 22.0 Å². The van der Waals surface area contributed by atoms with E-state index in [2.05, 4.69) is 26.1 Å². The minimum Gasteiger partial charge on any atom is -0.487 e. The maximum Gasteiger partial charge on any atom is 0.264 e. The normalized spacial score (nSPS) is 15.7. The van der Waals surface area contributed by atoms with Crippen molar-refractivity contribution < 1.29 is 22.7 Å². The van der Waals surface area contributed by atoms with Crippen LogP contribution in [0.3, 0.4) is 0 Å². The van der Waals surface area contributed by atoms with Crippen LogP contribution in [-0.4, -0.2) is 33.6 Å². The third-order valence-corrected chi connectivity index (χ3v) is 7.50. The highest BCUT2D eigenvalue weighted by Crippen LogP contribution is 2.36. The quantitative estimate of drug-likeness (QED) is 0.523. The minimum atomic E-state index is -3.80. The van der Waals surface area contributed by atoms with E-state index >= 15 is 0 Å². The molecule has 8 heteroatoms. The average molecular weight is 495 g/mol. The molecular weight excluding hydrogens is 464 g/mol. The highest BCUT2D eigenvalue weighted by Gasteiger charge is 2.32. The van der Waals surface area contributed by atoms with Gasteiger partial charge in [0.25, 0.3) is 15.9 Å². The van der Waals surface area contributed by atoms with E-state index in [1.807, 2.05) is 37.3 Å². The number of nitrogens with zero attached hydrogens (tertiary/aromatic N) is 1. The van der Waals surface area contributed by atoms with E-state index in [0.29, 0.717) is 22.9 Å². The highest BCUT2D eigenvalue weighted by molar-refractivity contribution is 7.92. The third-order valence-electron chi connectivity index (χ3n) is 5.70. The number of carbonyl (C=O) groups is 1. The summed E-state index contributed by atoms with van der Waals surface area (Å²) in [4.78, 5) is 12.5.